The van der Waals surface area contributed by atoms with Crippen molar-refractivity contribution in [3.63, 3.8) is 0 Å². The fraction of sp³-hybridized carbons (Fsp3) is 0.357. The van der Waals surface area contributed by atoms with Crippen LogP contribution >= 0.6 is 23.1 Å². The predicted molar refractivity (Wildman–Crippen MR) is 78.0 cm³/mol. The summed E-state index contributed by atoms with van der Waals surface area (Å²) in [6, 6.07) is 8.70. The lowest BCUT2D eigenvalue weighted by Gasteiger charge is -2.00. The number of thioether (sulfide) groups is 1. The van der Waals surface area contributed by atoms with Crippen molar-refractivity contribution < 1.29 is 0 Å². The molecule has 0 saturated heterocycles. The molecule has 17 heavy (non-hydrogen) atoms. The zero-order chi connectivity index (χ0) is 12.3. The van der Waals surface area contributed by atoms with E-state index < -0.39 is 0 Å². The van der Waals surface area contributed by atoms with Crippen LogP contribution in [-0.4, -0.2) is 10.7 Å². The number of nitrogens with zero attached hydrogens (tertiary/aromatic N) is 1. The molecule has 2 aromatic rings. The van der Waals surface area contributed by atoms with Gasteiger partial charge in [-0.1, -0.05) is 32.9 Å². The number of benzene rings is 1. The van der Waals surface area contributed by atoms with Crippen molar-refractivity contribution in [3.05, 3.63) is 35.3 Å². The molecule has 0 atom stereocenters. The molecule has 1 nitrogen and oxygen atoms in total. The molecule has 0 unspecified atom stereocenters. The third kappa shape index (κ3) is 3.11. The second-order valence-electron chi connectivity index (χ2n) is 4.19. The van der Waals surface area contributed by atoms with E-state index in [1.165, 1.54) is 16.2 Å². The van der Waals surface area contributed by atoms with Gasteiger partial charge in [-0.15, -0.1) is 23.1 Å². The van der Waals surface area contributed by atoms with Crippen LogP contribution in [0, 0.1) is 0 Å². The van der Waals surface area contributed by atoms with Gasteiger partial charge in [0.15, 0.2) is 0 Å². The lowest BCUT2D eigenvalue weighted by Crippen LogP contribution is -1.86. The molecular formula is C14H17NS2. The summed E-state index contributed by atoms with van der Waals surface area (Å²) in [5, 5.41) is 3.29. The third-order valence-corrected chi connectivity index (χ3v) is 4.33. The summed E-state index contributed by atoms with van der Waals surface area (Å²) in [7, 11) is 0. The zero-order valence-electron chi connectivity index (χ0n) is 10.4. The first-order chi connectivity index (χ1) is 8.20. The summed E-state index contributed by atoms with van der Waals surface area (Å²) >= 11 is 3.60. The molecule has 0 spiro atoms. The van der Waals surface area contributed by atoms with Crippen LogP contribution in [0.4, 0.5) is 0 Å². The van der Waals surface area contributed by atoms with Gasteiger partial charge in [0, 0.05) is 15.8 Å². The Balaban J connectivity index is 2.21. The molecule has 0 aliphatic rings. The van der Waals surface area contributed by atoms with E-state index in [0.29, 0.717) is 5.92 Å². The summed E-state index contributed by atoms with van der Waals surface area (Å²) in [6.45, 7) is 6.54. The van der Waals surface area contributed by atoms with Gasteiger partial charge in [-0.2, -0.15) is 0 Å². The molecule has 1 heterocycles. The Morgan fingerprint density at radius 2 is 1.94 bits per heavy atom. The second-order valence-corrected chi connectivity index (χ2v) is 6.39. The minimum Gasteiger partial charge on any atom is -0.241 e. The molecule has 0 radical (unpaired) electrons. The van der Waals surface area contributed by atoms with Crippen molar-refractivity contribution in [2.45, 2.75) is 31.6 Å². The summed E-state index contributed by atoms with van der Waals surface area (Å²) in [4.78, 5) is 6.00. The van der Waals surface area contributed by atoms with Crippen LogP contribution in [0.2, 0.25) is 0 Å². The van der Waals surface area contributed by atoms with E-state index in [0.717, 1.165) is 10.8 Å². The number of aromatic nitrogens is 1. The van der Waals surface area contributed by atoms with E-state index >= 15 is 0 Å². The predicted octanol–water partition coefficient (Wildman–Crippen LogP) is 5.05. The maximum absolute atomic E-state index is 4.67. The zero-order valence-corrected chi connectivity index (χ0v) is 12.1. The Morgan fingerprint density at radius 3 is 2.47 bits per heavy atom. The standard InChI is InChI=1S/C14H17NS2/c1-4-16-12-7-5-11(6-8-12)14-15-13(9-17-14)10(2)3/h5-10H,4H2,1-3H3. The highest BCUT2D eigenvalue weighted by molar-refractivity contribution is 7.99. The fourth-order valence-corrected chi connectivity index (χ4v) is 3.19. The van der Waals surface area contributed by atoms with Crippen molar-refractivity contribution in [1.29, 1.82) is 0 Å². The Morgan fingerprint density at radius 1 is 1.24 bits per heavy atom. The van der Waals surface area contributed by atoms with Crippen molar-refractivity contribution in [3.8, 4) is 10.6 Å². The van der Waals surface area contributed by atoms with Gasteiger partial charge in [-0.25, -0.2) is 4.98 Å². The maximum Gasteiger partial charge on any atom is 0.123 e. The van der Waals surface area contributed by atoms with Crippen LogP contribution in [0.25, 0.3) is 10.6 Å². The first-order valence-electron chi connectivity index (χ1n) is 5.89. The topological polar surface area (TPSA) is 12.9 Å². The number of hydrogen-bond donors (Lipinski definition) is 0. The number of thiazole rings is 1. The van der Waals surface area contributed by atoms with Crippen molar-refractivity contribution in [2.24, 2.45) is 0 Å². The highest BCUT2D eigenvalue weighted by Gasteiger charge is 2.07. The summed E-state index contributed by atoms with van der Waals surface area (Å²) < 4.78 is 0. The fourth-order valence-electron chi connectivity index (χ4n) is 1.54. The van der Waals surface area contributed by atoms with Gasteiger partial charge in [0.05, 0.1) is 5.69 Å². The van der Waals surface area contributed by atoms with Gasteiger partial charge in [0.25, 0.3) is 0 Å². The first kappa shape index (κ1) is 12.7. The minimum absolute atomic E-state index is 0.509. The molecule has 0 amide bonds. The number of hydrogen-bond acceptors (Lipinski definition) is 3. The lowest BCUT2D eigenvalue weighted by molar-refractivity contribution is 0.834. The normalized spacial score (nSPS) is 11.1. The Labute approximate surface area is 111 Å². The Kier molecular flexibility index (Phi) is 4.24. The minimum atomic E-state index is 0.509. The maximum atomic E-state index is 4.67. The van der Waals surface area contributed by atoms with Gasteiger partial charge >= 0.3 is 0 Å². The SMILES string of the molecule is CCSc1ccc(-c2nc(C(C)C)cs2)cc1. The summed E-state index contributed by atoms with van der Waals surface area (Å²) in [6.07, 6.45) is 0. The monoisotopic (exact) mass is 263 g/mol. The first-order valence-corrected chi connectivity index (χ1v) is 7.76. The molecule has 1 aromatic carbocycles. The molecule has 0 aliphatic heterocycles. The van der Waals surface area contributed by atoms with E-state index in [2.05, 4.69) is 55.4 Å². The van der Waals surface area contributed by atoms with Gasteiger partial charge in [-0.3, -0.25) is 0 Å². The lowest BCUT2D eigenvalue weighted by atomic mass is 10.1. The molecule has 0 bridgehead atoms. The van der Waals surface area contributed by atoms with Crippen LogP contribution in [0.15, 0.2) is 34.5 Å². The molecule has 0 saturated carbocycles. The van der Waals surface area contributed by atoms with Gasteiger partial charge in [0.1, 0.15) is 5.01 Å². The quantitative estimate of drug-likeness (QED) is 0.716. The molecule has 2 rings (SSSR count). The van der Waals surface area contributed by atoms with Crippen molar-refractivity contribution >= 4 is 23.1 Å². The van der Waals surface area contributed by atoms with Gasteiger partial charge in [0.2, 0.25) is 0 Å². The van der Waals surface area contributed by atoms with Crippen LogP contribution in [0.3, 0.4) is 0 Å². The molecule has 3 heteroatoms. The molecule has 90 valence electrons. The molecule has 0 aliphatic carbocycles. The number of rotatable bonds is 4. The van der Waals surface area contributed by atoms with E-state index in [1.807, 2.05) is 11.8 Å². The van der Waals surface area contributed by atoms with Crippen LogP contribution < -0.4 is 0 Å². The smallest absolute Gasteiger partial charge is 0.123 e. The van der Waals surface area contributed by atoms with Crippen LogP contribution in [0.5, 0.6) is 0 Å². The molecule has 1 aromatic heterocycles. The van der Waals surface area contributed by atoms with Crippen LogP contribution in [-0.2, 0) is 0 Å². The molecule has 0 N–H and O–H groups in total. The van der Waals surface area contributed by atoms with E-state index in [4.69, 9.17) is 0 Å². The van der Waals surface area contributed by atoms with E-state index in [9.17, 15) is 0 Å². The average Bonchev–Trinajstić information content (AvgIpc) is 2.80. The molecular weight excluding hydrogens is 246 g/mol. The van der Waals surface area contributed by atoms with E-state index in [1.54, 1.807) is 11.3 Å². The van der Waals surface area contributed by atoms with Crippen molar-refractivity contribution in [1.82, 2.24) is 4.98 Å². The van der Waals surface area contributed by atoms with E-state index in [-0.39, 0.29) is 0 Å². The summed E-state index contributed by atoms with van der Waals surface area (Å²) in [5.41, 5.74) is 2.42. The largest absolute Gasteiger partial charge is 0.241 e. The van der Waals surface area contributed by atoms with Gasteiger partial charge in [-0.05, 0) is 23.8 Å². The Hall–Kier alpha value is -0.800. The average molecular weight is 263 g/mol. The third-order valence-electron chi connectivity index (χ3n) is 2.53. The second kappa shape index (κ2) is 5.69. The van der Waals surface area contributed by atoms with Crippen LogP contribution in [0.1, 0.15) is 32.4 Å². The highest BCUT2D eigenvalue weighted by atomic mass is 32.2. The summed E-state index contributed by atoms with van der Waals surface area (Å²) in [5.74, 6) is 1.63. The molecule has 0 fully saturated rings. The van der Waals surface area contributed by atoms with Gasteiger partial charge < -0.3 is 0 Å². The highest BCUT2D eigenvalue weighted by Crippen LogP contribution is 2.28. The Bertz CT molecular complexity index is 471. The van der Waals surface area contributed by atoms with Crippen molar-refractivity contribution in [2.75, 3.05) is 5.75 Å².